The minimum atomic E-state index is -0.0386. The molecule has 2 fully saturated rings. The van der Waals surface area contributed by atoms with Gasteiger partial charge in [0.15, 0.2) is 0 Å². The molecule has 2 nitrogen and oxygen atoms in total. The number of hydrogen-bond donors (Lipinski definition) is 0. The molecule has 0 saturated heterocycles. The Hall–Kier alpha value is -0.370. The molecule has 0 amide bonds. The van der Waals surface area contributed by atoms with E-state index in [-0.39, 0.29) is 11.5 Å². The average molecular weight is 252 g/mol. The molecular weight excluding hydrogens is 224 g/mol. The fourth-order valence-electron chi connectivity index (χ4n) is 3.59. The smallest absolute Gasteiger partial charge is 0.144 e. The minimum Gasteiger partial charge on any atom is -0.376 e. The Bertz CT molecular complexity index is 279. The van der Waals surface area contributed by atoms with Crippen molar-refractivity contribution in [1.82, 2.24) is 0 Å². The molecule has 0 radical (unpaired) electrons. The first-order valence-corrected chi connectivity index (χ1v) is 7.88. The minimum absolute atomic E-state index is 0.0386. The monoisotopic (exact) mass is 252 g/mol. The van der Waals surface area contributed by atoms with Crippen molar-refractivity contribution < 1.29 is 9.53 Å². The maximum atomic E-state index is 11.9. The largest absolute Gasteiger partial charge is 0.376 e. The third kappa shape index (κ3) is 2.64. The third-order valence-corrected chi connectivity index (χ3v) is 5.11. The van der Waals surface area contributed by atoms with Gasteiger partial charge in [-0.15, -0.1) is 0 Å². The number of hydrogen-bond acceptors (Lipinski definition) is 2. The molecule has 104 valence electrons. The van der Waals surface area contributed by atoms with Crippen LogP contribution in [0.3, 0.4) is 0 Å². The summed E-state index contributed by atoms with van der Waals surface area (Å²) in [6.45, 7) is 5.36. The van der Waals surface area contributed by atoms with Crippen molar-refractivity contribution in [3.05, 3.63) is 0 Å². The van der Waals surface area contributed by atoms with Gasteiger partial charge in [0.2, 0.25) is 0 Å². The molecule has 0 heterocycles. The molecule has 0 aromatic heterocycles. The molecule has 0 aromatic carbocycles. The molecule has 2 heteroatoms. The van der Waals surface area contributed by atoms with Crippen LogP contribution in [0, 0.1) is 11.3 Å². The van der Waals surface area contributed by atoms with Crippen molar-refractivity contribution in [2.45, 2.75) is 77.7 Å². The molecule has 2 rings (SSSR count). The zero-order valence-corrected chi connectivity index (χ0v) is 12.0. The van der Waals surface area contributed by atoms with Gasteiger partial charge in [0, 0.05) is 13.0 Å². The van der Waals surface area contributed by atoms with Crippen LogP contribution in [0.2, 0.25) is 0 Å². The molecule has 2 aliphatic carbocycles. The van der Waals surface area contributed by atoms with Crippen molar-refractivity contribution in [2.24, 2.45) is 11.3 Å². The van der Waals surface area contributed by atoms with Crippen LogP contribution < -0.4 is 0 Å². The first kappa shape index (κ1) is 14.0. The summed E-state index contributed by atoms with van der Waals surface area (Å²) in [5.41, 5.74) is -0.0386. The van der Waals surface area contributed by atoms with E-state index in [1.165, 1.54) is 38.5 Å². The predicted octanol–water partition coefficient (Wildman–Crippen LogP) is 4.12. The summed E-state index contributed by atoms with van der Waals surface area (Å²) in [4.78, 5) is 11.9. The van der Waals surface area contributed by atoms with E-state index in [0.29, 0.717) is 18.1 Å². The van der Waals surface area contributed by atoms with E-state index in [2.05, 4.69) is 13.8 Å². The van der Waals surface area contributed by atoms with Crippen LogP contribution in [0.1, 0.15) is 71.6 Å². The summed E-state index contributed by atoms with van der Waals surface area (Å²) < 4.78 is 6.12. The van der Waals surface area contributed by atoms with Gasteiger partial charge in [-0.05, 0) is 25.2 Å². The first-order chi connectivity index (χ1) is 8.73. The Morgan fingerprint density at radius 2 is 2.06 bits per heavy atom. The van der Waals surface area contributed by atoms with E-state index in [0.717, 1.165) is 19.4 Å². The lowest BCUT2D eigenvalue weighted by Gasteiger charge is -2.45. The molecule has 0 aliphatic heterocycles. The average Bonchev–Trinajstić information content (AvgIpc) is 2.90. The van der Waals surface area contributed by atoms with Crippen LogP contribution in [0.5, 0.6) is 0 Å². The quantitative estimate of drug-likeness (QED) is 0.681. The highest BCUT2D eigenvalue weighted by Crippen LogP contribution is 2.52. The Balaban J connectivity index is 1.78. The number of rotatable bonds is 7. The van der Waals surface area contributed by atoms with E-state index < -0.39 is 0 Å². The van der Waals surface area contributed by atoms with Crippen LogP contribution in [-0.4, -0.2) is 18.5 Å². The summed E-state index contributed by atoms with van der Waals surface area (Å²) >= 11 is 0. The predicted molar refractivity (Wildman–Crippen MR) is 73.6 cm³/mol. The summed E-state index contributed by atoms with van der Waals surface area (Å²) in [7, 11) is 0. The maximum absolute atomic E-state index is 11.9. The van der Waals surface area contributed by atoms with Gasteiger partial charge in [-0.25, -0.2) is 0 Å². The van der Waals surface area contributed by atoms with Crippen LogP contribution in [-0.2, 0) is 9.53 Å². The van der Waals surface area contributed by atoms with Crippen molar-refractivity contribution in [3.8, 4) is 0 Å². The van der Waals surface area contributed by atoms with Crippen LogP contribution >= 0.6 is 0 Å². The number of Topliss-reactive ketones (excluding diaryl/α,β-unsaturated/α-hetero) is 1. The summed E-state index contributed by atoms with van der Waals surface area (Å²) in [6.07, 6.45) is 10.6. The van der Waals surface area contributed by atoms with Gasteiger partial charge < -0.3 is 4.74 Å². The Kier molecular flexibility index (Phi) is 4.83. The van der Waals surface area contributed by atoms with Gasteiger partial charge >= 0.3 is 0 Å². The molecule has 2 saturated carbocycles. The van der Waals surface area contributed by atoms with Crippen LogP contribution in [0.15, 0.2) is 0 Å². The standard InChI is InChI=1S/C16H28O2/c1-3-5-8-13(4-2)12-18-15-11-14(17)16(15)9-6-7-10-16/h13,15H,3-12H2,1-2H3. The van der Waals surface area contributed by atoms with Crippen molar-refractivity contribution in [3.63, 3.8) is 0 Å². The van der Waals surface area contributed by atoms with Gasteiger partial charge in [-0.2, -0.15) is 0 Å². The zero-order valence-electron chi connectivity index (χ0n) is 12.0. The molecule has 0 aromatic rings. The number of ether oxygens (including phenoxy) is 1. The third-order valence-electron chi connectivity index (χ3n) is 5.11. The fourth-order valence-corrected chi connectivity index (χ4v) is 3.59. The number of unbranched alkanes of at least 4 members (excludes halogenated alkanes) is 1. The van der Waals surface area contributed by atoms with Crippen LogP contribution in [0.25, 0.3) is 0 Å². The normalized spacial score (nSPS) is 27.4. The van der Waals surface area contributed by atoms with E-state index in [4.69, 9.17) is 4.74 Å². The SMILES string of the molecule is CCCCC(CC)COC1CC(=O)C12CCCC2. The van der Waals surface area contributed by atoms with E-state index in [9.17, 15) is 4.79 Å². The molecule has 2 aliphatic rings. The first-order valence-electron chi connectivity index (χ1n) is 7.88. The highest BCUT2D eigenvalue weighted by Gasteiger charge is 2.56. The number of carbonyl (C=O) groups excluding carboxylic acids is 1. The van der Waals surface area contributed by atoms with Gasteiger partial charge in [0.1, 0.15) is 5.78 Å². The summed E-state index contributed by atoms with van der Waals surface area (Å²) in [5.74, 6) is 1.17. The summed E-state index contributed by atoms with van der Waals surface area (Å²) in [5, 5.41) is 0. The van der Waals surface area contributed by atoms with E-state index >= 15 is 0 Å². The Labute approximate surface area is 111 Å². The maximum Gasteiger partial charge on any atom is 0.144 e. The highest BCUT2D eigenvalue weighted by atomic mass is 16.5. The molecule has 0 N–H and O–H groups in total. The second kappa shape index (κ2) is 6.18. The second-order valence-corrected chi connectivity index (χ2v) is 6.23. The van der Waals surface area contributed by atoms with Gasteiger partial charge in [0.05, 0.1) is 11.5 Å². The molecule has 0 bridgehead atoms. The summed E-state index contributed by atoms with van der Waals surface area (Å²) in [6, 6.07) is 0. The molecule has 2 atom stereocenters. The molecular formula is C16H28O2. The van der Waals surface area contributed by atoms with Crippen molar-refractivity contribution >= 4 is 5.78 Å². The highest BCUT2D eigenvalue weighted by molar-refractivity contribution is 5.92. The topological polar surface area (TPSA) is 26.3 Å². The second-order valence-electron chi connectivity index (χ2n) is 6.23. The lowest BCUT2D eigenvalue weighted by atomic mass is 9.63. The van der Waals surface area contributed by atoms with Crippen LogP contribution in [0.4, 0.5) is 0 Å². The number of ketones is 1. The lowest BCUT2D eigenvalue weighted by molar-refractivity contribution is -0.164. The fraction of sp³-hybridized carbons (Fsp3) is 0.938. The Morgan fingerprint density at radius 1 is 1.33 bits per heavy atom. The molecule has 2 unspecified atom stereocenters. The zero-order chi connectivity index (χ0) is 13.0. The van der Waals surface area contributed by atoms with Gasteiger partial charge in [0.25, 0.3) is 0 Å². The molecule has 18 heavy (non-hydrogen) atoms. The van der Waals surface area contributed by atoms with E-state index in [1.54, 1.807) is 0 Å². The van der Waals surface area contributed by atoms with Crippen molar-refractivity contribution in [1.29, 1.82) is 0 Å². The van der Waals surface area contributed by atoms with Crippen molar-refractivity contribution in [2.75, 3.05) is 6.61 Å². The van der Waals surface area contributed by atoms with Gasteiger partial charge in [-0.3, -0.25) is 4.79 Å². The lowest BCUT2D eigenvalue weighted by Crippen LogP contribution is -2.54. The van der Waals surface area contributed by atoms with Gasteiger partial charge in [-0.1, -0.05) is 46.0 Å². The molecule has 1 spiro atoms. The Morgan fingerprint density at radius 3 is 2.61 bits per heavy atom. The van der Waals surface area contributed by atoms with E-state index in [1.807, 2.05) is 0 Å². The number of carbonyl (C=O) groups is 1.